The predicted molar refractivity (Wildman–Crippen MR) is 80.1 cm³/mol. The van der Waals surface area contributed by atoms with Gasteiger partial charge in [-0.2, -0.15) is 0 Å². The molecule has 1 aromatic rings. The Bertz CT molecular complexity index is 538. The summed E-state index contributed by atoms with van der Waals surface area (Å²) in [5.74, 6) is -0.659. The molecule has 2 rings (SSSR count). The Labute approximate surface area is 129 Å². The van der Waals surface area contributed by atoms with Crippen molar-refractivity contribution >= 4 is 11.9 Å². The molecule has 0 atom stereocenters. The number of amides is 1. The molecule has 0 radical (unpaired) electrons. The van der Waals surface area contributed by atoms with Crippen LogP contribution in [0.3, 0.4) is 0 Å². The molecule has 1 heterocycles. The van der Waals surface area contributed by atoms with Crippen molar-refractivity contribution < 1.29 is 24.2 Å². The molecular formula is C16H21NO5. The van der Waals surface area contributed by atoms with E-state index in [-0.39, 0.29) is 11.5 Å². The number of carbonyl (C=O) groups is 2. The van der Waals surface area contributed by atoms with Crippen LogP contribution in [0.25, 0.3) is 0 Å². The monoisotopic (exact) mass is 307 g/mol. The zero-order chi connectivity index (χ0) is 16.2. The molecule has 1 saturated heterocycles. The Kier molecular flexibility index (Phi) is 5.03. The van der Waals surface area contributed by atoms with Gasteiger partial charge in [0.15, 0.2) is 6.61 Å². The number of hydrogen-bond acceptors (Lipinski definition) is 4. The van der Waals surface area contributed by atoms with E-state index in [0.29, 0.717) is 31.0 Å². The molecular weight excluding hydrogens is 286 g/mol. The predicted octanol–water partition coefficient (Wildman–Crippen LogP) is 1.79. The molecule has 1 aliphatic rings. The van der Waals surface area contributed by atoms with Crippen molar-refractivity contribution in [2.75, 3.05) is 26.3 Å². The van der Waals surface area contributed by atoms with E-state index in [2.05, 4.69) is 0 Å². The molecule has 0 bridgehead atoms. The quantitative estimate of drug-likeness (QED) is 0.918. The maximum atomic E-state index is 12.6. The summed E-state index contributed by atoms with van der Waals surface area (Å²) in [6.07, 6.45) is 0.814. The van der Waals surface area contributed by atoms with Gasteiger partial charge >= 0.3 is 5.97 Å². The summed E-state index contributed by atoms with van der Waals surface area (Å²) in [6, 6.07) is 6.52. The first-order chi connectivity index (χ1) is 10.4. The summed E-state index contributed by atoms with van der Waals surface area (Å²) in [6.45, 7) is 5.41. The minimum Gasteiger partial charge on any atom is -0.482 e. The lowest BCUT2D eigenvalue weighted by Crippen LogP contribution is -2.41. The van der Waals surface area contributed by atoms with E-state index in [1.165, 1.54) is 0 Å². The molecule has 22 heavy (non-hydrogen) atoms. The van der Waals surface area contributed by atoms with Crippen molar-refractivity contribution in [3.63, 3.8) is 0 Å². The summed E-state index contributed by atoms with van der Waals surface area (Å²) in [7, 11) is 0. The second-order valence-corrected chi connectivity index (χ2v) is 5.90. The van der Waals surface area contributed by atoms with Crippen LogP contribution in [0.5, 0.6) is 5.75 Å². The van der Waals surface area contributed by atoms with Crippen molar-refractivity contribution in [1.82, 2.24) is 4.90 Å². The van der Waals surface area contributed by atoms with E-state index in [1.807, 2.05) is 13.8 Å². The van der Waals surface area contributed by atoms with E-state index in [4.69, 9.17) is 14.6 Å². The van der Waals surface area contributed by atoms with E-state index in [0.717, 1.165) is 6.42 Å². The maximum Gasteiger partial charge on any atom is 0.341 e. The molecule has 0 spiro atoms. The maximum absolute atomic E-state index is 12.6. The van der Waals surface area contributed by atoms with Crippen LogP contribution < -0.4 is 4.74 Å². The number of nitrogens with zero attached hydrogens (tertiary/aromatic N) is 1. The fourth-order valence-corrected chi connectivity index (χ4v) is 2.38. The first-order valence-electron chi connectivity index (χ1n) is 7.25. The van der Waals surface area contributed by atoms with Gasteiger partial charge in [-0.3, -0.25) is 4.79 Å². The number of hydrogen-bond donors (Lipinski definition) is 1. The first kappa shape index (κ1) is 16.3. The number of carboxylic acids is 1. The van der Waals surface area contributed by atoms with Crippen LogP contribution in [0, 0.1) is 0 Å². The van der Waals surface area contributed by atoms with Gasteiger partial charge in [-0.1, -0.05) is 0 Å². The molecule has 0 aliphatic carbocycles. The third kappa shape index (κ3) is 4.46. The molecule has 120 valence electrons. The number of benzene rings is 1. The van der Waals surface area contributed by atoms with Gasteiger partial charge in [0.2, 0.25) is 0 Å². The van der Waals surface area contributed by atoms with E-state index >= 15 is 0 Å². The standard InChI is InChI=1S/C16H21NO5/c1-16(2)11-17(8-3-9-22-16)15(20)12-4-6-13(7-5-12)21-10-14(18)19/h4-7H,3,8-11H2,1-2H3,(H,18,19). The highest BCUT2D eigenvalue weighted by atomic mass is 16.5. The van der Waals surface area contributed by atoms with Gasteiger partial charge in [0, 0.05) is 25.3 Å². The van der Waals surface area contributed by atoms with Crippen LogP contribution >= 0.6 is 0 Å². The van der Waals surface area contributed by atoms with Gasteiger partial charge in [-0.25, -0.2) is 4.79 Å². The second-order valence-electron chi connectivity index (χ2n) is 5.90. The van der Waals surface area contributed by atoms with E-state index in [1.54, 1.807) is 29.2 Å². The van der Waals surface area contributed by atoms with Gasteiger partial charge in [0.05, 0.1) is 5.60 Å². The largest absolute Gasteiger partial charge is 0.482 e. The first-order valence-corrected chi connectivity index (χ1v) is 7.25. The summed E-state index contributed by atoms with van der Waals surface area (Å²) in [5.41, 5.74) is 0.205. The summed E-state index contributed by atoms with van der Waals surface area (Å²) in [4.78, 5) is 24.8. The fourth-order valence-electron chi connectivity index (χ4n) is 2.38. The minimum absolute atomic E-state index is 0.0524. The van der Waals surface area contributed by atoms with Gasteiger partial charge in [0.1, 0.15) is 5.75 Å². The van der Waals surface area contributed by atoms with Gasteiger partial charge < -0.3 is 19.5 Å². The molecule has 1 N–H and O–H groups in total. The van der Waals surface area contributed by atoms with Crippen LogP contribution in [-0.2, 0) is 9.53 Å². The fraction of sp³-hybridized carbons (Fsp3) is 0.500. The average Bonchev–Trinajstić information content (AvgIpc) is 2.65. The van der Waals surface area contributed by atoms with Crippen molar-refractivity contribution in [3.05, 3.63) is 29.8 Å². The Balaban J connectivity index is 2.04. The highest BCUT2D eigenvalue weighted by Gasteiger charge is 2.28. The number of rotatable bonds is 4. The van der Waals surface area contributed by atoms with Crippen molar-refractivity contribution in [1.29, 1.82) is 0 Å². The van der Waals surface area contributed by atoms with Crippen LogP contribution in [-0.4, -0.2) is 53.8 Å². The number of carboxylic acid groups (broad SMARTS) is 1. The van der Waals surface area contributed by atoms with Gasteiger partial charge in [0.25, 0.3) is 5.91 Å². The Morgan fingerprint density at radius 1 is 1.32 bits per heavy atom. The molecule has 0 saturated carbocycles. The Hall–Kier alpha value is -2.08. The van der Waals surface area contributed by atoms with Crippen LogP contribution in [0.4, 0.5) is 0 Å². The molecule has 1 fully saturated rings. The molecule has 0 unspecified atom stereocenters. The third-order valence-electron chi connectivity index (χ3n) is 3.39. The summed E-state index contributed by atoms with van der Waals surface area (Å²) in [5, 5.41) is 8.57. The topological polar surface area (TPSA) is 76.1 Å². The van der Waals surface area contributed by atoms with Crippen LogP contribution in [0.2, 0.25) is 0 Å². The van der Waals surface area contributed by atoms with Crippen LogP contribution in [0.15, 0.2) is 24.3 Å². The molecule has 1 aromatic carbocycles. The third-order valence-corrected chi connectivity index (χ3v) is 3.39. The van der Waals surface area contributed by atoms with Crippen molar-refractivity contribution in [3.8, 4) is 5.75 Å². The second kappa shape index (κ2) is 6.79. The Morgan fingerprint density at radius 3 is 2.64 bits per heavy atom. The normalized spacial score (nSPS) is 17.6. The lowest BCUT2D eigenvalue weighted by molar-refractivity contribution is -0.139. The SMILES string of the molecule is CC1(C)CN(C(=O)c2ccc(OCC(=O)O)cc2)CCCO1. The van der Waals surface area contributed by atoms with E-state index in [9.17, 15) is 9.59 Å². The summed E-state index contributed by atoms with van der Waals surface area (Å²) >= 11 is 0. The molecule has 0 aromatic heterocycles. The minimum atomic E-state index is -1.04. The number of ether oxygens (including phenoxy) is 2. The van der Waals surface area contributed by atoms with Crippen molar-refractivity contribution in [2.45, 2.75) is 25.9 Å². The average molecular weight is 307 g/mol. The lowest BCUT2D eigenvalue weighted by atomic mass is 10.1. The van der Waals surface area contributed by atoms with E-state index < -0.39 is 12.6 Å². The highest BCUT2D eigenvalue weighted by Crippen LogP contribution is 2.19. The molecule has 1 amide bonds. The van der Waals surface area contributed by atoms with Crippen molar-refractivity contribution in [2.24, 2.45) is 0 Å². The summed E-state index contributed by atoms with van der Waals surface area (Å²) < 4.78 is 10.8. The molecule has 1 aliphatic heterocycles. The van der Waals surface area contributed by atoms with Crippen LogP contribution in [0.1, 0.15) is 30.6 Å². The van der Waals surface area contributed by atoms with Gasteiger partial charge in [-0.15, -0.1) is 0 Å². The van der Waals surface area contributed by atoms with Gasteiger partial charge in [-0.05, 0) is 44.5 Å². The zero-order valence-electron chi connectivity index (χ0n) is 12.9. The molecule has 6 heteroatoms. The highest BCUT2D eigenvalue weighted by molar-refractivity contribution is 5.94. The lowest BCUT2D eigenvalue weighted by Gasteiger charge is -2.29. The number of carbonyl (C=O) groups excluding carboxylic acids is 1. The Morgan fingerprint density at radius 2 is 2.00 bits per heavy atom. The number of aliphatic carboxylic acids is 1. The smallest absolute Gasteiger partial charge is 0.341 e. The molecule has 6 nitrogen and oxygen atoms in total. The zero-order valence-corrected chi connectivity index (χ0v) is 12.9.